The van der Waals surface area contributed by atoms with Crippen LogP contribution in [0.1, 0.15) is 18.5 Å². The average molecular weight is 392 g/mol. The number of rotatable bonds is 3. The summed E-state index contributed by atoms with van der Waals surface area (Å²) >= 11 is 17.4. The molecular formula is C18H15Cl2N3OS. The topological polar surface area (TPSA) is 53.2 Å². The lowest BCUT2D eigenvalue weighted by Crippen LogP contribution is -2.45. The first-order chi connectivity index (χ1) is 12.0. The van der Waals surface area contributed by atoms with Crippen LogP contribution in [0.15, 0.2) is 59.8 Å². The summed E-state index contributed by atoms with van der Waals surface area (Å²) in [6.45, 7) is 1.82. The van der Waals surface area contributed by atoms with Crippen LogP contribution in [0.3, 0.4) is 0 Å². The number of hydrogen-bond acceptors (Lipinski definition) is 2. The Labute approximate surface area is 161 Å². The monoisotopic (exact) mass is 391 g/mol. The van der Waals surface area contributed by atoms with Crippen molar-refractivity contribution in [3.8, 4) is 0 Å². The van der Waals surface area contributed by atoms with Gasteiger partial charge in [-0.15, -0.1) is 0 Å². The minimum atomic E-state index is -0.424. The second-order valence-electron chi connectivity index (χ2n) is 5.56. The molecule has 0 saturated heterocycles. The number of halogens is 2. The molecule has 2 aromatic rings. The van der Waals surface area contributed by atoms with Gasteiger partial charge in [-0.05, 0) is 49.0 Å². The van der Waals surface area contributed by atoms with E-state index < -0.39 is 6.04 Å². The molecule has 0 fully saturated rings. The fraction of sp³-hybridized carbons (Fsp3) is 0.111. The molecule has 25 heavy (non-hydrogen) atoms. The molecule has 7 heteroatoms. The van der Waals surface area contributed by atoms with Crippen molar-refractivity contribution in [2.24, 2.45) is 0 Å². The number of carbonyl (C=O) groups is 1. The largest absolute Gasteiger partial charge is 0.351 e. The summed E-state index contributed by atoms with van der Waals surface area (Å²) in [5.41, 5.74) is 2.74. The number of carbonyl (C=O) groups excluding carboxylic acids is 1. The Morgan fingerprint density at radius 1 is 1.12 bits per heavy atom. The van der Waals surface area contributed by atoms with Gasteiger partial charge in [0.25, 0.3) is 5.91 Å². The Balaban J connectivity index is 1.97. The van der Waals surface area contributed by atoms with Crippen molar-refractivity contribution in [2.45, 2.75) is 13.0 Å². The van der Waals surface area contributed by atoms with E-state index in [1.165, 1.54) is 0 Å². The Morgan fingerprint density at radius 2 is 1.84 bits per heavy atom. The van der Waals surface area contributed by atoms with Crippen molar-refractivity contribution in [2.75, 3.05) is 5.32 Å². The summed E-state index contributed by atoms with van der Waals surface area (Å²) in [5, 5.41) is 10.4. The van der Waals surface area contributed by atoms with E-state index in [9.17, 15) is 4.79 Å². The Hall–Kier alpha value is -2.08. The van der Waals surface area contributed by atoms with E-state index in [0.29, 0.717) is 32.1 Å². The normalized spacial score (nSPS) is 16.9. The van der Waals surface area contributed by atoms with Crippen molar-refractivity contribution >= 4 is 52.1 Å². The minimum Gasteiger partial charge on any atom is -0.351 e. The average Bonchev–Trinajstić information content (AvgIpc) is 2.57. The molecule has 1 atom stereocenters. The lowest BCUT2D eigenvalue weighted by atomic mass is 9.95. The molecule has 2 aromatic carbocycles. The molecule has 1 heterocycles. The lowest BCUT2D eigenvalue weighted by Gasteiger charge is -2.30. The second kappa shape index (κ2) is 7.44. The van der Waals surface area contributed by atoms with Crippen LogP contribution >= 0.6 is 35.4 Å². The van der Waals surface area contributed by atoms with Gasteiger partial charge in [-0.3, -0.25) is 4.79 Å². The Kier molecular flexibility index (Phi) is 5.27. The van der Waals surface area contributed by atoms with E-state index in [1.54, 1.807) is 12.1 Å². The van der Waals surface area contributed by atoms with E-state index >= 15 is 0 Å². The standard InChI is InChI=1S/C18H15Cl2N3OS/c1-10-15(17(24)22-12-5-3-2-4-6-12)16(23-18(25)21-10)11-7-8-13(19)14(20)9-11/h2-9,16H,1H3,(H,22,24)(H2,21,23,25). The molecule has 0 aromatic heterocycles. The van der Waals surface area contributed by atoms with E-state index in [-0.39, 0.29) is 5.91 Å². The summed E-state index contributed by atoms with van der Waals surface area (Å²) in [6, 6.07) is 14.1. The van der Waals surface area contributed by atoms with Gasteiger partial charge in [-0.25, -0.2) is 0 Å². The fourth-order valence-electron chi connectivity index (χ4n) is 2.66. The van der Waals surface area contributed by atoms with Crippen molar-refractivity contribution < 1.29 is 4.79 Å². The summed E-state index contributed by atoms with van der Waals surface area (Å²) in [6.07, 6.45) is 0. The molecule has 0 spiro atoms. The maximum absolute atomic E-state index is 12.9. The molecule has 0 saturated carbocycles. The van der Waals surface area contributed by atoms with Crippen molar-refractivity contribution in [3.63, 3.8) is 0 Å². The highest BCUT2D eigenvalue weighted by Gasteiger charge is 2.30. The number of allylic oxidation sites excluding steroid dienone is 1. The number of anilines is 1. The van der Waals surface area contributed by atoms with Crippen LogP contribution in [-0.4, -0.2) is 11.0 Å². The first-order valence-electron chi connectivity index (χ1n) is 7.55. The third kappa shape index (κ3) is 3.95. The molecule has 3 rings (SSSR count). The molecule has 0 aliphatic carbocycles. The third-order valence-corrected chi connectivity index (χ3v) is 4.78. The molecular weight excluding hydrogens is 377 g/mol. The van der Waals surface area contributed by atoms with Crippen molar-refractivity contribution in [1.82, 2.24) is 10.6 Å². The molecule has 1 aliphatic heterocycles. The molecule has 1 aliphatic rings. The van der Waals surface area contributed by atoms with Gasteiger partial charge in [0.1, 0.15) is 0 Å². The molecule has 128 valence electrons. The van der Waals surface area contributed by atoms with Crippen LogP contribution in [0, 0.1) is 0 Å². The van der Waals surface area contributed by atoms with Gasteiger partial charge in [0.05, 0.1) is 21.7 Å². The molecule has 3 N–H and O–H groups in total. The predicted molar refractivity (Wildman–Crippen MR) is 106 cm³/mol. The van der Waals surface area contributed by atoms with Gasteiger partial charge >= 0.3 is 0 Å². The summed E-state index contributed by atoms with van der Waals surface area (Å²) in [5.74, 6) is -0.220. The first-order valence-corrected chi connectivity index (χ1v) is 8.72. The second-order valence-corrected chi connectivity index (χ2v) is 6.79. The zero-order valence-electron chi connectivity index (χ0n) is 13.3. The quantitative estimate of drug-likeness (QED) is 0.677. The highest BCUT2D eigenvalue weighted by atomic mass is 35.5. The predicted octanol–water partition coefficient (Wildman–Crippen LogP) is 4.42. The number of benzene rings is 2. The fourth-order valence-corrected chi connectivity index (χ4v) is 3.23. The number of hydrogen-bond donors (Lipinski definition) is 3. The summed E-state index contributed by atoms with van der Waals surface area (Å²) < 4.78 is 0. The lowest BCUT2D eigenvalue weighted by molar-refractivity contribution is -0.113. The van der Waals surface area contributed by atoms with Gasteiger partial charge in [0.15, 0.2) is 5.11 Å². The van der Waals surface area contributed by atoms with Crippen molar-refractivity contribution in [3.05, 3.63) is 75.4 Å². The van der Waals surface area contributed by atoms with Crippen LogP contribution in [0.2, 0.25) is 10.0 Å². The number of nitrogens with one attached hydrogen (secondary N) is 3. The molecule has 4 nitrogen and oxygen atoms in total. The molecule has 0 bridgehead atoms. The summed E-state index contributed by atoms with van der Waals surface area (Å²) in [7, 11) is 0. The first kappa shape index (κ1) is 17.7. The van der Waals surface area contributed by atoms with E-state index in [0.717, 1.165) is 5.56 Å². The Morgan fingerprint density at radius 3 is 2.52 bits per heavy atom. The highest BCUT2D eigenvalue weighted by Crippen LogP contribution is 2.31. The van der Waals surface area contributed by atoms with Crippen LogP contribution in [0.25, 0.3) is 0 Å². The van der Waals surface area contributed by atoms with E-state index in [4.69, 9.17) is 35.4 Å². The Bertz CT molecular complexity index is 868. The number of amides is 1. The zero-order chi connectivity index (χ0) is 18.0. The zero-order valence-corrected chi connectivity index (χ0v) is 15.6. The number of para-hydroxylation sites is 1. The molecule has 1 amide bonds. The third-order valence-electron chi connectivity index (χ3n) is 3.82. The smallest absolute Gasteiger partial charge is 0.255 e. The summed E-state index contributed by atoms with van der Waals surface area (Å²) in [4.78, 5) is 12.9. The van der Waals surface area contributed by atoms with E-state index in [2.05, 4.69) is 16.0 Å². The van der Waals surface area contributed by atoms with Gasteiger partial charge in [-0.2, -0.15) is 0 Å². The maximum Gasteiger partial charge on any atom is 0.255 e. The van der Waals surface area contributed by atoms with Crippen molar-refractivity contribution in [1.29, 1.82) is 0 Å². The van der Waals surface area contributed by atoms with Crippen LogP contribution in [-0.2, 0) is 4.79 Å². The van der Waals surface area contributed by atoms with Gasteiger partial charge in [-0.1, -0.05) is 47.5 Å². The van der Waals surface area contributed by atoms with Crippen LogP contribution in [0.5, 0.6) is 0 Å². The maximum atomic E-state index is 12.9. The highest BCUT2D eigenvalue weighted by molar-refractivity contribution is 7.80. The van der Waals surface area contributed by atoms with Crippen LogP contribution in [0.4, 0.5) is 5.69 Å². The van der Waals surface area contributed by atoms with E-state index in [1.807, 2.05) is 43.3 Å². The van der Waals surface area contributed by atoms with Gasteiger partial charge in [0, 0.05) is 11.4 Å². The molecule has 1 unspecified atom stereocenters. The SMILES string of the molecule is CC1=C(C(=O)Nc2ccccc2)C(c2ccc(Cl)c(Cl)c2)NC(=S)N1. The molecule has 0 radical (unpaired) electrons. The number of thiocarbonyl (C=S) groups is 1. The minimum absolute atomic E-state index is 0.220. The van der Waals surface area contributed by atoms with Gasteiger partial charge < -0.3 is 16.0 Å². The van der Waals surface area contributed by atoms with Gasteiger partial charge in [0.2, 0.25) is 0 Å². The van der Waals surface area contributed by atoms with Crippen LogP contribution < -0.4 is 16.0 Å².